The van der Waals surface area contributed by atoms with Gasteiger partial charge in [0, 0.05) is 6.42 Å². The Morgan fingerprint density at radius 3 is 1.94 bits per heavy atom. The predicted molar refractivity (Wildman–Crippen MR) is 120 cm³/mol. The van der Waals surface area contributed by atoms with Crippen LogP contribution in [0.4, 0.5) is 4.79 Å². The average Bonchev–Trinajstić information content (AvgIpc) is 2.63. The van der Waals surface area contributed by atoms with E-state index in [4.69, 9.17) is 9.47 Å². The highest BCUT2D eigenvalue weighted by Gasteiger charge is 2.27. The van der Waals surface area contributed by atoms with E-state index < -0.39 is 47.2 Å². The molecule has 0 aliphatic carbocycles. The van der Waals surface area contributed by atoms with E-state index in [-0.39, 0.29) is 13.0 Å². The zero-order chi connectivity index (χ0) is 24.5. The van der Waals surface area contributed by atoms with E-state index in [1.54, 1.807) is 41.5 Å². The highest BCUT2D eigenvalue weighted by Crippen LogP contribution is 2.08. The lowest BCUT2D eigenvalue weighted by molar-refractivity contribution is -0.154. The van der Waals surface area contributed by atoms with Crippen molar-refractivity contribution in [2.45, 2.75) is 78.2 Å². The molecule has 2 atom stereocenters. The molecule has 9 nitrogen and oxygen atoms in total. The third-order valence-corrected chi connectivity index (χ3v) is 3.87. The topological polar surface area (TPSA) is 123 Å². The van der Waals surface area contributed by atoms with E-state index in [0.29, 0.717) is 0 Å². The lowest BCUT2D eigenvalue weighted by Crippen LogP contribution is -2.54. The maximum atomic E-state index is 12.7. The highest BCUT2D eigenvalue weighted by molar-refractivity contribution is 5.92. The minimum absolute atomic E-state index is 0.200. The van der Waals surface area contributed by atoms with Gasteiger partial charge in [-0.05, 0) is 54.0 Å². The summed E-state index contributed by atoms with van der Waals surface area (Å²) in [4.78, 5) is 49.2. The molecule has 0 heterocycles. The van der Waals surface area contributed by atoms with Crippen LogP contribution in [0.1, 0.15) is 54.0 Å². The molecule has 0 aliphatic rings. The maximum absolute atomic E-state index is 12.7. The molecule has 9 heteroatoms. The zero-order valence-electron chi connectivity index (χ0n) is 19.9. The largest absolute Gasteiger partial charge is 0.459 e. The Labute approximate surface area is 189 Å². The molecule has 0 aliphatic heterocycles. The number of carbonyl (C=O) groups excluding carboxylic acids is 4. The van der Waals surface area contributed by atoms with Gasteiger partial charge in [-0.25, -0.2) is 4.79 Å². The third kappa shape index (κ3) is 11.3. The van der Waals surface area contributed by atoms with Gasteiger partial charge in [0.05, 0.1) is 0 Å². The quantitative estimate of drug-likeness (QED) is 0.522. The minimum Gasteiger partial charge on any atom is -0.459 e. The Hall–Kier alpha value is -3.10. The van der Waals surface area contributed by atoms with Gasteiger partial charge >= 0.3 is 12.1 Å². The summed E-state index contributed by atoms with van der Waals surface area (Å²) in [5.74, 6) is -1.70. The molecule has 0 radical (unpaired) electrons. The standard InChI is InChI=1S/C23H35N3O6/c1-15(25-21(30)32-23(5,6)7)19(28)26-17(13-16-11-9-8-10-12-16)20(29)24-14-18(27)31-22(2,3)4/h8-12,15,17H,13-14H2,1-7H3,(H,24,29)(H,25,30)(H,26,28)/t15-,17+/m0/s1. The SMILES string of the molecule is C[C@H](NC(=O)OC(C)(C)C)C(=O)N[C@H](Cc1ccccc1)C(=O)NCC(=O)OC(C)(C)C. The summed E-state index contributed by atoms with van der Waals surface area (Å²) >= 11 is 0. The molecular weight excluding hydrogens is 414 g/mol. The number of nitrogens with one attached hydrogen (secondary N) is 3. The number of hydrogen-bond acceptors (Lipinski definition) is 6. The van der Waals surface area contributed by atoms with Crippen molar-refractivity contribution in [1.29, 1.82) is 0 Å². The smallest absolute Gasteiger partial charge is 0.408 e. The van der Waals surface area contributed by atoms with Gasteiger partial charge < -0.3 is 25.4 Å². The number of benzene rings is 1. The summed E-state index contributed by atoms with van der Waals surface area (Å²) in [6, 6.07) is 7.22. The maximum Gasteiger partial charge on any atom is 0.408 e. The first-order valence-corrected chi connectivity index (χ1v) is 10.5. The van der Waals surface area contributed by atoms with E-state index >= 15 is 0 Å². The second-order valence-electron chi connectivity index (χ2n) is 9.42. The Morgan fingerprint density at radius 1 is 0.844 bits per heavy atom. The second kappa shape index (κ2) is 11.5. The number of amides is 3. The van der Waals surface area contributed by atoms with Crippen LogP contribution in [0.5, 0.6) is 0 Å². The fourth-order valence-corrected chi connectivity index (χ4v) is 2.57. The molecule has 178 valence electrons. The van der Waals surface area contributed by atoms with Crippen LogP contribution in [-0.2, 0) is 30.3 Å². The Morgan fingerprint density at radius 2 is 1.41 bits per heavy atom. The van der Waals surface area contributed by atoms with Gasteiger partial charge in [-0.3, -0.25) is 14.4 Å². The van der Waals surface area contributed by atoms with E-state index in [1.165, 1.54) is 6.92 Å². The number of hydrogen-bond donors (Lipinski definition) is 3. The monoisotopic (exact) mass is 449 g/mol. The van der Waals surface area contributed by atoms with Crippen LogP contribution in [0, 0.1) is 0 Å². The van der Waals surface area contributed by atoms with Crippen molar-refractivity contribution in [3.63, 3.8) is 0 Å². The first-order valence-electron chi connectivity index (χ1n) is 10.5. The number of rotatable bonds is 8. The van der Waals surface area contributed by atoms with E-state index in [9.17, 15) is 19.2 Å². The Bertz CT molecular complexity index is 796. The lowest BCUT2D eigenvalue weighted by atomic mass is 10.0. The predicted octanol–water partition coefficient (Wildman–Crippen LogP) is 2.08. The van der Waals surface area contributed by atoms with Gasteiger partial charge in [-0.15, -0.1) is 0 Å². The molecule has 32 heavy (non-hydrogen) atoms. The molecule has 0 saturated carbocycles. The number of alkyl carbamates (subject to hydrolysis) is 1. The van der Waals surface area contributed by atoms with Crippen LogP contribution in [0.15, 0.2) is 30.3 Å². The first kappa shape index (κ1) is 26.9. The fraction of sp³-hybridized carbons (Fsp3) is 0.565. The van der Waals surface area contributed by atoms with Crippen molar-refractivity contribution in [3.8, 4) is 0 Å². The van der Waals surface area contributed by atoms with Crippen molar-refractivity contribution in [2.24, 2.45) is 0 Å². The summed E-state index contributed by atoms with van der Waals surface area (Å²) in [5, 5.41) is 7.57. The van der Waals surface area contributed by atoms with E-state index in [0.717, 1.165) is 5.56 Å². The normalized spacial score (nSPS) is 13.3. The summed E-state index contributed by atoms with van der Waals surface area (Å²) in [6.45, 7) is 11.5. The van der Waals surface area contributed by atoms with Gasteiger partial charge in [-0.1, -0.05) is 30.3 Å². The number of ether oxygens (including phenoxy) is 2. The Balaban J connectivity index is 2.80. The number of carbonyl (C=O) groups is 4. The first-order chi connectivity index (χ1) is 14.7. The molecule has 0 fully saturated rings. The van der Waals surface area contributed by atoms with Crippen molar-refractivity contribution in [3.05, 3.63) is 35.9 Å². The fourth-order valence-electron chi connectivity index (χ4n) is 2.57. The van der Waals surface area contributed by atoms with Crippen molar-refractivity contribution in [1.82, 2.24) is 16.0 Å². The molecule has 0 spiro atoms. The van der Waals surface area contributed by atoms with Crippen molar-refractivity contribution in [2.75, 3.05) is 6.54 Å². The van der Waals surface area contributed by atoms with E-state index in [1.807, 2.05) is 30.3 Å². The second-order valence-corrected chi connectivity index (χ2v) is 9.42. The molecule has 3 amide bonds. The highest BCUT2D eigenvalue weighted by atomic mass is 16.6. The molecule has 1 rings (SSSR count). The molecule has 1 aromatic rings. The summed E-state index contributed by atoms with van der Waals surface area (Å²) in [5.41, 5.74) is -0.571. The molecule has 0 saturated heterocycles. The average molecular weight is 450 g/mol. The van der Waals surface area contributed by atoms with Gasteiger partial charge in [0.25, 0.3) is 0 Å². The molecule has 3 N–H and O–H groups in total. The lowest BCUT2D eigenvalue weighted by Gasteiger charge is -2.24. The summed E-state index contributed by atoms with van der Waals surface area (Å²) in [6.07, 6.45) is -0.541. The summed E-state index contributed by atoms with van der Waals surface area (Å²) < 4.78 is 10.3. The van der Waals surface area contributed by atoms with E-state index in [2.05, 4.69) is 16.0 Å². The van der Waals surface area contributed by atoms with Gasteiger partial charge in [-0.2, -0.15) is 0 Å². The van der Waals surface area contributed by atoms with Crippen LogP contribution in [-0.4, -0.2) is 53.7 Å². The van der Waals surface area contributed by atoms with Gasteiger partial charge in [0.1, 0.15) is 29.8 Å². The van der Waals surface area contributed by atoms with Crippen LogP contribution >= 0.6 is 0 Å². The van der Waals surface area contributed by atoms with Gasteiger partial charge in [0.2, 0.25) is 11.8 Å². The molecule has 1 aromatic carbocycles. The van der Waals surface area contributed by atoms with Crippen LogP contribution in [0.3, 0.4) is 0 Å². The van der Waals surface area contributed by atoms with Crippen molar-refractivity contribution < 1.29 is 28.7 Å². The van der Waals surface area contributed by atoms with Crippen molar-refractivity contribution >= 4 is 23.9 Å². The number of esters is 1. The van der Waals surface area contributed by atoms with Crippen LogP contribution in [0.2, 0.25) is 0 Å². The molecule has 0 aromatic heterocycles. The Kier molecular flexibility index (Phi) is 9.68. The van der Waals surface area contributed by atoms with Gasteiger partial charge in [0.15, 0.2) is 0 Å². The third-order valence-electron chi connectivity index (χ3n) is 3.87. The molecule has 0 unspecified atom stereocenters. The minimum atomic E-state index is -0.963. The summed E-state index contributed by atoms with van der Waals surface area (Å²) in [7, 11) is 0. The molecule has 0 bridgehead atoms. The van der Waals surface area contributed by atoms with Crippen LogP contribution < -0.4 is 16.0 Å². The zero-order valence-corrected chi connectivity index (χ0v) is 19.9. The van der Waals surface area contributed by atoms with Crippen LogP contribution in [0.25, 0.3) is 0 Å². The molecular formula is C23H35N3O6.